The van der Waals surface area contributed by atoms with E-state index in [4.69, 9.17) is 4.74 Å². The minimum absolute atomic E-state index is 0.0458. The van der Waals surface area contributed by atoms with Gasteiger partial charge in [0.05, 0.1) is 6.61 Å². The lowest BCUT2D eigenvalue weighted by molar-refractivity contribution is -0.153. The summed E-state index contributed by atoms with van der Waals surface area (Å²) in [5, 5.41) is 0. The molecule has 0 N–H and O–H groups in total. The average Bonchev–Trinajstić information content (AvgIpc) is 3.06. The molecule has 4 nitrogen and oxygen atoms in total. The minimum Gasteiger partial charge on any atom is -0.464 e. The van der Waals surface area contributed by atoms with Crippen molar-refractivity contribution in [1.29, 1.82) is 0 Å². The van der Waals surface area contributed by atoms with Crippen LogP contribution in [0.1, 0.15) is 42.7 Å². The van der Waals surface area contributed by atoms with Crippen molar-refractivity contribution < 1.29 is 14.3 Å². The maximum Gasteiger partial charge on any atom is 0.332 e. The molecule has 3 atom stereocenters. The lowest BCUT2D eigenvalue weighted by atomic mass is 9.94. The van der Waals surface area contributed by atoms with Gasteiger partial charge in [-0.05, 0) is 43.2 Å². The van der Waals surface area contributed by atoms with Crippen molar-refractivity contribution in [3.05, 3.63) is 35.4 Å². The third kappa shape index (κ3) is 1.89. The first kappa shape index (κ1) is 13.8. The SMILES string of the molecule is Cc1ccccc1[C@@H]1C[C@H]1C(=O)N1CCC[C@]12CCOC2=O. The molecule has 2 saturated heterocycles. The van der Waals surface area contributed by atoms with Gasteiger partial charge in [-0.1, -0.05) is 24.3 Å². The number of cyclic esters (lactones) is 1. The monoisotopic (exact) mass is 299 g/mol. The summed E-state index contributed by atoms with van der Waals surface area (Å²) in [6.07, 6.45) is 3.24. The molecule has 3 fully saturated rings. The van der Waals surface area contributed by atoms with E-state index in [0.29, 0.717) is 25.5 Å². The standard InChI is InChI=1S/C18H21NO3/c1-12-5-2-3-6-13(12)14-11-15(14)16(20)19-9-4-7-18(19)8-10-22-17(18)21/h2-3,5-6,14-15H,4,7-11H2,1H3/t14-,15+,18+/m0/s1. The van der Waals surface area contributed by atoms with Crippen LogP contribution >= 0.6 is 0 Å². The summed E-state index contributed by atoms with van der Waals surface area (Å²) in [5.74, 6) is 0.337. The summed E-state index contributed by atoms with van der Waals surface area (Å²) < 4.78 is 5.17. The van der Waals surface area contributed by atoms with E-state index in [1.54, 1.807) is 0 Å². The lowest BCUT2D eigenvalue weighted by Gasteiger charge is -2.31. The highest BCUT2D eigenvalue weighted by Crippen LogP contribution is 2.51. The normalized spacial score (nSPS) is 33.3. The number of benzene rings is 1. The number of rotatable bonds is 2. The van der Waals surface area contributed by atoms with Crippen LogP contribution in [-0.4, -0.2) is 35.5 Å². The van der Waals surface area contributed by atoms with Crippen molar-refractivity contribution in [3.8, 4) is 0 Å². The van der Waals surface area contributed by atoms with E-state index in [1.165, 1.54) is 11.1 Å². The van der Waals surface area contributed by atoms with Crippen LogP contribution in [0.2, 0.25) is 0 Å². The van der Waals surface area contributed by atoms with Gasteiger partial charge in [-0.15, -0.1) is 0 Å². The summed E-state index contributed by atoms with van der Waals surface area (Å²) in [6, 6.07) is 8.29. The maximum absolute atomic E-state index is 12.9. The molecule has 4 heteroatoms. The van der Waals surface area contributed by atoms with Crippen LogP contribution in [0.15, 0.2) is 24.3 Å². The molecule has 1 aromatic rings. The second kappa shape index (κ2) is 4.83. The third-order valence-corrected chi connectivity index (χ3v) is 5.58. The molecule has 4 rings (SSSR count). The Kier molecular flexibility index (Phi) is 3.03. The summed E-state index contributed by atoms with van der Waals surface area (Å²) >= 11 is 0. The Hall–Kier alpha value is -1.84. The van der Waals surface area contributed by atoms with Crippen molar-refractivity contribution in [1.82, 2.24) is 4.90 Å². The first-order valence-electron chi connectivity index (χ1n) is 8.18. The largest absolute Gasteiger partial charge is 0.464 e. The molecule has 116 valence electrons. The van der Waals surface area contributed by atoms with Crippen LogP contribution < -0.4 is 0 Å². The number of likely N-dealkylation sites (tertiary alicyclic amines) is 1. The molecule has 0 radical (unpaired) electrons. The van der Waals surface area contributed by atoms with Crippen molar-refractivity contribution in [2.75, 3.05) is 13.2 Å². The summed E-state index contributed by atoms with van der Waals surface area (Å²) in [4.78, 5) is 26.9. The quantitative estimate of drug-likeness (QED) is 0.788. The number of carbonyl (C=O) groups is 2. The van der Waals surface area contributed by atoms with E-state index in [2.05, 4.69) is 19.1 Å². The van der Waals surface area contributed by atoms with Gasteiger partial charge in [0, 0.05) is 18.9 Å². The Labute approximate surface area is 130 Å². The summed E-state index contributed by atoms with van der Waals surface area (Å²) in [7, 11) is 0. The zero-order valence-corrected chi connectivity index (χ0v) is 12.9. The second-order valence-electron chi connectivity index (χ2n) is 6.82. The number of ether oxygens (including phenoxy) is 1. The Morgan fingerprint density at radius 2 is 2.14 bits per heavy atom. The van der Waals surface area contributed by atoms with Crippen LogP contribution in [0.3, 0.4) is 0 Å². The predicted octanol–water partition coefficient (Wildman–Crippen LogP) is 2.41. The number of amides is 1. The van der Waals surface area contributed by atoms with Crippen LogP contribution in [0.5, 0.6) is 0 Å². The molecule has 2 aliphatic heterocycles. The van der Waals surface area contributed by atoms with Crippen molar-refractivity contribution in [2.45, 2.75) is 44.1 Å². The van der Waals surface area contributed by atoms with E-state index in [9.17, 15) is 9.59 Å². The molecule has 0 bridgehead atoms. The fourth-order valence-electron chi connectivity index (χ4n) is 4.24. The van der Waals surface area contributed by atoms with Crippen LogP contribution in [0, 0.1) is 12.8 Å². The summed E-state index contributed by atoms with van der Waals surface area (Å²) in [5.41, 5.74) is 1.89. The van der Waals surface area contributed by atoms with Gasteiger partial charge in [-0.2, -0.15) is 0 Å². The zero-order valence-electron chi connectivity index (χ0n) is 12.9. The van der Waals surface area contributed by atoms with Gasteiger partial charge in [0.25, 0.3) is 0 Å². The van der Waals surface area contributed by atoms with Gasteiger partial charge in [0.15, 0.2) is 0 Å². The Balaban J connectivity index is 1.54. The first-order chi connectivity index (χ1) is 10.6. The van der Waals surface area contributed by atoms with E-state index in [1.807, 2.05) is 17.0 Å². The molecule has 3 aliphatic rings. The molecule has 0 aromatic heterocycles. The molecule has 2 heterocycles. The number of hydrogen-bond acceptors (Lipinski definition) is 3. The maximum atomic E-state index is 12.9. The predicted molar refractivity (Wildman–Crippen MR) is 81.3 cm³/mol. The Bertz CT molecular complexity index is 637. The number of aryl methyl sites for hydroxylation is 1. The van der Waals surface area contributed by atoms with Gasteiger partial charge < -0.3 is 9.64 Å². The van der Waals surface area contributed by atoms with Gasteiger partial charge in [0.2, 0.25) is 5.91 Å². The molecular weight excluding hydrogens is 278 g/mol. The van der Waals surface area contributed by atoms with Crippen LogP contribution in [0.4, 0.5) is 0 Å². The highest BCUT2D eigenvalue weighted by molar-refractivity contribution is 5.92. The fourth-order valence-corrected chi connectivity index (χ4v) is 4.24. The number of carbonyl (C=O) groups excluding carboxylic acids is 2. The molecule has 1 amide bonds. The van der Waals surface area contributed by atoms with E-state index in [0.717, 1.165) is 19.3 Å². The van der Waals surface area contributed by atoms with Gasteiger partial charge in [0.1, 0.15) is 5.54 Å². The van der Waals surface area contributed by atoms with Gasteiger partial charge in [-0.3, -0.25) is 4.79 Å². The van der Waals surface area contributed by atoms with Gasteiger partial charge in [-0.25, -0.2) is 4.79 Å². The van der Waals surface area contributed by atoms with E-state index < -0.39 is 5.54 Å². The first-order valence-corrected chi connectivity index (χ1v) is 8.18. The van der Waals surface area contributed by atoms with Crippen molar-refractivity contribution >= 4 is 11.9 Å². The molecule has 1 saturated carbocycles. The highest BCUT2D eigenvalue weighted by atomic mass is 16.5. The smallest absolute Gasteiger partial charge is 0.332 e. The average molecular weight is 299 g/mol. The van der Waals surface area contributed by atoms with Crippen LogP contribution in [-0.2, 0) is 14.3 Å². The Morgan fingerprint density at radius 1 is 1.32 bits per heavy atom. The Morgan fingerprint density at radius 3 is 2.86 bits per heavy atom. The van der Waals surface area contributed by atoms with E-state index in [-0.39, 0.29) is 17.8 Å². The molecule has 22 heavy (non-hydrogen) atoms. The molecule has 1 aliphatic carbocycles. The second-order valence-corrected chi connectivity index (χ2v) is 6.82. The highest BCUT2D eigenvalue weighted by Gasteiger charge is 2.57. The summed E-state index contributed by atoms with van der Waals surface area (Å²) in [6.45, 7) is 3.25. The van der Waals surface area contributed by atoms with Crippen LogP contribution in [0.25, 0.3) is 0 Å². The number of nitrogens with zero attached hydrogens (tertiary/aromatic N) is 1. The molecular formula is C18H21NO3. The zero-order chi connectivity index (χ0) is 15.3. The minimum atomic E-state index is -0.643. The lowest BCUT2D eigenvalue weighted by Crippen LogP contribution is -2.51. The molecule has 1 spiro atoms. The molecule has 0 unspecified atom stereocenters. The number of hydrogen-bond donors (Lipinski definition) is 0. The fraction of sp³-hybridized carbons (Fsp3) is 0.556. The number of esters is 1. The van der Waals surface area contributed by atoms with Crippen molar-refractivity contribution in [3.63, 3.8) is 0 Å². The molecule has 1 aromatic carbocycles. The van der Waals surface area contributed by atoms with E-state index >= 15 is 0 Å². The third-order valence-electron chi connectivity index (χ3n) is 5.58. The van der Waals surface area contributed by atoms with Gasteiger partial charge >= 0.3 is 5.97 Å². The van der Waals surface area contributed by atoms with Crippen molar-refractivity contribution in [2.24, 2.45) is 5.92 Å². The topological polar surface area (TPSA) is 46.6 Å².